The van der Waals surface area contributed by atoms with Crippen LogP contribution in [0.5, 0.6) is 0 Å². The summed E-state index contributed by atoms with van der Waals surface area (Å²) < 4.78 is 5.52. The third kappa shape index (κ3) is 3.31. The Balaban J connectivity index is 1.95. The highest BCUT2D eigenvalue weighted by Gasteiger charge is 2.25. The van der Waals surface area contributed by atoms with Gasteiger partial charge in [0.1, 0.15) is 6.10 Å². The molecule has 1 atom stereocenters. The zero-order valence-corrected chi connectivity index (χ0v) is 11.0. The maximum absolute atomic E-state index is 12.1. The lowest BCUT2D eigenvalue weighted by Crippen LogP contribution is -2.47. The second-order valence-electron chi connectivity index (χ2n) is 4.61. The van der Waals surface area contributed by atoms with Gasteiger partial charge in [0.2, 0.25) is 0 Å². The van der Waals surface area contributed by atoms with E-state index in [1.807, 2.05) is 31.2 Å². The predicted octanol–water partition coefficient (Wildman–Crippen LogP) is 1.65. The van der Waals surface area contributed by atoms with E-state index in [1.54, 1.807) is 0 Å². The number of benzene rings is 1. The molecule has 1 N–H and O–H groups in total. The van der Waals surface area contributed by atoms with E-state index in [0.717, 1.165) is 24.3 Å². The molecule has 1 aromatic carbocycles. The topological polar surface area (TPSA) is 41.6 Å². The smallest absolute Gasteiger partial charge is 0.254 e. The van der Waals surface area contributed by atoms with Gasteiger partial charge < -0.3 is 10.1 Å². The molecule has 4 nitrogen and oxygen atoms in total. The van der Waals surface area contributed by atoms with Gasteiger partial charge in [0.25, 0.3) is 5.91 Å². The molecule has 1 fully saturated rings. The lowest BCUT2D eigenvalue weighted by molar-refractivity contribution is -0.132. The molecule has 0 spiro atoms. The number of likely N-dealkylation sites (N-methyl/N-ethyl adjacent to an activating group) is 1. The second-order valence-corrected chi connectivity index (χ2v) is 4.61. The molecule has 18 heavy (non-hydrogen) atoms. The number of nitrogens with one attached hydrogen (secondary N) is 1. The number of morpholine rings is 1. The summed E-state index contributed by atoms with van der Waals surface area (Å²) in [7, 11) is 0. The van der Waals surface area contributed by atoms with Crippen LogP contribution in [0.2, 0.25) is 0 Å². The number of carbonyl (C=O) groups excluding carboxylic acids is 1. The zero-order chi connectivity index (χ0) is 13.0. The molecule has 98 valence electrons. The molecule has 1 aromatic rings. The Hall–Kier alpha value is -1.39. The van der Waals surface area contributed by atoms with E-state index in [-0.39, 0.29) is 12.0 Å². The third-order valence-corrected chi connectivity index (χ3v) is 3.18. The molecule has 2 rings (SSSR count). The standard InChI is InChI=1S/C14H20N2O2/c1-3-16-7-8-18-13(10-16)14(17)15-12-6-4-5-11(2)9-12/h4-6,9,13H,3,7-8,10H2,1-2H3,(H,15,17). The summed E-state index contributed by atoms with van der Waals surface area (Å²) in [6.07, 6.45) is -0.362. The minimum Gasteiger partial charge on any atom is -0.366 e. The molecule has 0 radical (unpaired) electrons. The SMILES string of the molecule is CCN1CCOC(C(=O)Nc2cccc(C)c2)C1. The number of anilines is 1. The van der Waals surface area contributed by atoms with Crippen molar-refractivity contribution in [2.24, 2.45) is 0 Å². The van der Waals surface area contributed by atoms with Crippen molar-refractivity contribution in [3.63, 3.8) is 0 Å². The summed E-state index contributed by atoms with van der Waals surface area (Å²) in [6, 6.07) is 7.79. The van der Waals surface area contributed by atoms with Crippen molar-refractivity contribution in [2.45, 2.75) is 20.0 Å². The monoisotopic (exact) mass is 248 g/mol. The molecular weight excluding hydrogens is 228 g/mol. The number of hydrogen-bond acceptors (Lipinski definition) is 3. The normalized spacial score (nSPS) is 20.7. The lowest BCUT2D eigenvalue weighted by atomic mass is 10.2. The average Bonchev–Trinajstić information content (AvgIpc) is 2.39. The van der Waals surface area contributed by atoms with Gasteiger partial charge in [-0.3, -0.25) is 9.69 Å². The van der Waals surface area contributed by atoms with Crippen LogP contribution >= 0.6 is 0 Å². The predicted molar refractivity (Wildman–Crippen MR) is 71.7 cm³/mol. The number of nitrogens with zero attached hydrogens (tertiary/aromatic N) is 1. The number of rotatable bonds is 3. The Morgan fingerprint density at radius 3 is 3.11 bits per heavy atom. The lowest BCUT2D eigenvalue weighted by Gasteiger charge is -2.31. The Bertz CT molecular complexity index is 420. The average molecular weight is 248 g/mol. The van der Waals surface area contributed by atoms with Crippen molar-refractivity contribution in [2.75, 3.05) is 31.6 Å². The minimum atomic E-state index is -0.362. The summed E-state index contributed by atoms with van der Waals surface area (Å²) in [5, 5.41) is 2.91. The fourth-order valence-electron chi connectivity index (χ4n) is 2.09. The Labute approximate surface area is 108 Å². The van der Waals surface area contributed by atoms with Gasteiger partial charge in [-0.15, -0.1) is 0 Å². The first-order chi connectivity index (χ1) is 8.69. The van der Waals surface area contributed by atoms with Gasteiger partial charge in [-0.25, -0.2) is 0 Å². The van der Waals surface area contributed by atoms with Gasteiger partial charge in [0.05, 0.1) is 6.61 Å². The summed E-state index contributed by atoms with van der Waals surface area (Å²) >= 11 is 0. The van der Waals surface area contributed by atoms with Crippen LogP contribution in [-0.2, 0) is 9.53 Å². The van der Waals surface area contributed by atoms with Gasteiger partial charge in [-0.1, -0.05) is 19.1 Å². The zero-order valence-electron chi connectivity index (χ0n) is 11.0. The van der Waals surface area contributed by atoms with Crippen LogP contribution in [0.15, 0.2) is 24.3 Å². The maximum Gasteiger partial charge on any atom is 0.254 e. The van der Waals surface area contributed by atoms with E-state index >= 15 is 0 Å². The number of carbonyl (C=O) groups is 1. The van der Waals surface area contributed by atoms with E-state index in [2.05, 4.69) is 17.1 Å². The van der Waals surface area contributed by atoms with Crippen molar-refractivity contribution >= 4 is 11.6 Å². The molecule has 1 saturated heterocycles. The Morgan fingerprint density at radius 1 is 1.56 bits per heavy atom. The molecular formula is C14H20N2O2. The molecule has 0 aromatic heterocycles. The van der Waals surface area contributed by atoms with E-state index in [0.29, 0.717) is 13.2 Å². The van der Waals surface area contributed by atoms with Gasteiger partial charge in [0, 0.05) is 18.8 Å². The van der Waals surface area contributed by atoms with Crippen LogP contribution in [0, 0.1) is 6.92 Å². The van der Waals surface area contributed by atoms with Crippen LogP contribution in [0.4, 0.5) is 5.69 Å². The molecule has 1 aliphatic rings. The van der Waals surface area contributed by atoms with Crippen LogP contribution in [0.25, 0.3) is 0 Å². The van der Waals surface area contributed by atoms with Crippen molar-refractivity contribution < 1.29 is 9.53 Å². The van der Waals surface area contributed by atoms with E-state index < -0.39 is 0 Å². The molecule has 1 unspecified atom stereocenters. The minimum absolute atomic E-state index is 0.0567. The summed E-state index contributed by atoms with van der Waals surface area (Å²) in [5.74, 6) is -0.0567. The highest BCUT2D eigenvalue weighted by atomic mass is 16.5. The quantitative estimate of drug-likeness (QED) is 0.884. The Morgan fingerprint density at radius 2 is 2.39 bits per heavy atom. The molecule has 0 bridgehead atoms. The summed E-state index contributed by atoms with van der Waals surface area (Å²) in [4.78, 5) is 14.3. The van der Waals surface area contributed by atoms with Crippen LogP contribution < -0.4 is 5.32 Å². The first-order valence-electron chi connectivity index (χ1n) is 6.40. The first-order valence-corrected chi connectivity index (χ1v) is 6.40. The fourth-order valence-corrected chi connectivity index (χ4v) is 2.09. The van der Waals surface area contributed by atoms with E-state index in [9.17, 15) is 4.79 Å². The van der Waals surface area contributed by atoms with Crippen molar-refractivity contribution in [3.05, 3.63) is 29.8 Å². The molecule has 1 aliphatic heterocycles. The highest BCUT2D eigenvalue weighted by molar-refractivity contribution is 5.94. The number of amides is 1. The molecule has 0 saturated carbocycles. The number of ether oxygens (including phenoxy) is 1. The van der Waals surface area contributed by atoms with Crippen LogP contribution in [-0.4, -0.2) is 43.2 Å². The number of aryl methyl sites for hydroxylation is 1. The fraction of sp³-hybridized carbons (Fsp3) is 0.500. The van der Waals surface area contributed by atoms with Crippen molar-refractivity contribution in [1.29, 1.82) is 0 Å². The third-order valence-electron chi connectivity index (χ3n) is 3.18. The molecule has 1 heterocycles. The van der Waals surface area contributed by atoms with Gasteiger partial charge in [0.15, 0.2) is 0 Å². The second kappa shape index (κ2) is 5.98. The van der Waals surface area contributed by atoms with E-state index in [1.165, 1.54) is 0 Å². The maximum atomic E-state index is 12.1. The van der Waals surface area contributed by atoms with Gasteiger partial charge in [-0.2, -0.15) is 0 Å². The van der Waals surface area contributed by atoms with Gasteiger partial charge in [-0.05, 0) is 31.2 Å². The van der Waals surface area contributed by atoms with Crippen molar-refractivity contribution in [3.8, 4) is 0 Å². The van der Waals surface area contributed by atoms with Crippen molar-refractivity contribution in [1.82, 2.24) is 4.90 Å². The first kappa shape index (κ1) is 13.1. The highest BCUT2D eigenvalue weighted by Crippen LogP contribution is 2.12. The van der Waals surface area contributed by atoms with Crippen LogP contribution in [0.3, 0.4) is 0 Å². The largest absolute Gasteiger partial charge is 0.366 e. The Kier molecular flexibility index (Phi) is 4.33. The summed E-state index contributed by atoms with van der Waals surface area (Å²) in [5.41, 5.74) is 1.96. The molecule has 4 heteroatoms. The van der Waals surface area contributed by atoms with E-state index in [4.69, 9.17) is 4.74 Å². The van der Waals surface area contributed by atoms with Gasteiger partial charge >= 0.3 is 0 Å². The van der Waals surface area contributed by atoms with Crippen LogP contribution in [0.1, 0.15) is 12.5 Å². The molecule has 1 amide bonds. The molecule has 0 aliphatic carbocycles. The number of hydrogen-bond donors (Lipinski definition) is 1. The summed E-state index contributed by atoms with van der Waals surface area (Å²) in [6.45, 7) is 7.27.